The summed E-state index contributed by atoms with van der Waals surface area (Å²) in [7, 11) is 2.02. The number of halogens is 4. The molecule has 1 aliphatic carbocycles. The van der Waals surface area contributed by atoms with Crippen molar-refractivity contribution in [1.82, 2.24) is 19.8 Å². The lowest BCUT2D eigenvalue weighted by Gasteiger charge is -2.36. The number of nitrogens with zero attached hydrogens (tertiary/aromatic N) is 3. The Bertz CT molecular complexity index is 1590. The molecule has 0 radical (unpaired) electrons. The van der Waals surface area contributed by atoms with E-state index in [1.54, 1.807) is 24.4 Å². The molecule has 3 heterocycles. The third-order valence-electron chi connectivity index (χ3n) is 7.40. The zero-order valence-electron chi connectivity index (χ0n) is 21.5. The standard InChI is InChI=1S/C28H26ClF3N6O2/c1-37-8-10-38(11-9-37)23-14-28(31,32)19-12-16(2-4-18(19)23)35-27(39)36-22-5-3-17(13-21(22)30)40-24-6-7-33-26-25(24)20(29)15-34-26/h2-7,12-13,15,23H,8-11,14H2,1H3,(H,33,34)(H2,35,36,39). The van der Waals surface area contributed by atoms with Crippen LogP contribution in [0.2, 0.25) is 5.02 Å². The molecule has 1 fully saturated rings. The van der Waals surface area contributed by atoms with E-state index in [9.17, 15) is 18.0 Å². The molecule has 4 aromatic rings. The highest BCUT2D eigenvalue weighted by Crippen LogP contribution is 2.50. The summed E-state index contributed by atoms with van der Waals surface area (Å²) < 4.78 is 50.6. The van der Waals surface area contributed by atoms with E-state index in [1.807, 2.05) is 7.05 Å². The van der Waals surface area contributed by atoms with Crippen molar-refractivity contribution in [2.24, 2.45) is 0 Å². The van der Waals surface area contributed by atoms with E-state index in [1.165, 1.54) is 24.4 Å². The predicted molar refractivity (Wildman–Crippen MR) is 147 cm³/mol. The average molecular weight is 571 g/mol. The van der Waals surface area contributed by atoms with Crippen LogP contribution in [0.5, 0.6) is 11.5 Å². The number of urea groups is 1. The van der Waals surface area contributed by atoms with Crippen LogP contribution in [0.25, 0.3) is 11.0 Å². The Hall–Kier alpha value is -3.80. The van der Waals surface area contributed by atoms with Gasteiger partial charge < -0.3 is 25.3 Å². The monoisotopic (exact) mass is 570 g/mol. The maximum atomic E-state index is 15.0. The van der Waals surface area contributed by atoms with Crippen molar-refractivity contribution in [1.29, 1.82) is 0 Å². The van der Waals surface area contributed by atoms with Crippen molar-refractivity contribution in [3.63, 3.8) is 0 Å². The quantitative estimate of drug-likeness (QED) is 0.252. The Morgan fingerprint density at radius 3 is 2.70 bits per heavy atom. The van der Waals surface area contributed by atoms with Crippen LogP contribution in [0.15, 0.2) is 54.9 Å². The smallest absolute Gasteiger partial charge is 0.323 e. The van der Waals surface area contributed by atoms with Gasteiger partial charge in [-0.15, -0.1) is 0 Å². The molecular weight excluding hydrogens is 545 g/mol. The fourth-order valence-corrected chi connectivity index (χ4v) is 5.55. The van der Waals surface area contributed by atoms with Gasteiger partial charge in [0.15, 0.2) is 0 Å². The molecule has 0 saturated carbocycles. The van der Waals surface area contributed by atoms with Gasteiger partial charge in [-0.25, -0.2) is 22.9 Å². The van der Waals surface area contributed by atoms with Crippen LogP contribution in [0.3, 0.4) is 0 Å². The molecule has 2 aromatic carbocycles. The first-order valence-corrected chi connectivity index (χ1v) is 13.2. The maximum absolute atomic E-state index is 15.0. The lowest BCUT2D eigenvalue weighted by Crippen LogP contribution is -2.45. The van der Waals surface area contributed by atoms with Gasteiger partial charge in [0, 0.05) is 68.4 Å². The van der Waals surface area contributed by atoms with Crippen molar-refractivity contribution >= 4 is 40.0 Å². The first-order valence-electron chi connectivity index (χ1n) is 12.8. The molecule has 1 aliphatic heterocycles. The zero-order valence-corrected chi connectivity index (χ0v) is 22.2. The average Bonchev–Trinajstić information content (AvgIpc) is 3.43. The number of amides is 2. The molecule has 208 valence electrons. The molecule has 0 spiro atoms. The number of H-pyrrole nitrogens is 1. The number of hydrogen-bond donors (Lipinski definition) is 3. The molecule has 2 aliphatic rings. The number of pyridine rings is 1. The third kappa shape index (κ3) is 5.07. The SMILES string of the molecule is CN1CCN(C2CC(F)(F)c3cc(NC(=O)Nc4ccc(Oc5ccnc6[nH]cc(Cl)c56)cc4F)ccc32)CC1. The highest BCUT2D eigenvalue weighted by molar-refractivity contribution is 6.36. The van der Waals surface area contributed by atoms with E-state index in [0.29, 0.717) is 27.4 Å². The van der Waals surface area contributed by atoms with Gasteiger partial charge in [0.25, 0.3) is 5.92 Å². The van der Waals surface area contributed by atoms with E-state index in [2.05, 4.69) is 30.4 Å². The summed E-state index contributed by atoms with van der Waals surface area (Å²) in [5.74, 6) is -3.18. The van der Waals surface area contributed by atoms with Crippen LogP contribution in [-0.4, -0.2) is 59.0 Å². The van der Waals surface area contributed by atoms with E-state index in [-0.39, 0.29) is 35.2 Å². The first kappa shape index (κ1) is 26.4. The molecule has 6 rings (SSSR count). The molecule has 1 atom stereocenters. The number of carbonyl (C=O) groups is 1. The molecule has 8 nitrogen and oxygen atoms in total. The van der Waals surface area contributed by atoms with Gasteiger partial charge in [-0.05, 0) is 42.9 Å². The summed E-state index contributed by atoms with van der Waals surface area (Å²) in [6.07, 6.45) is 2.82. The molecule has 3 N–H and O–H groups in total. The van der Waals surface area contributed by atoms with Gasteiger partial charge >= 0.3 is 6.03 Å². The molecule has 40 heavy (non-hydrogen) atoms. The normalized spacial score (nSPS) is 19.0. The minimum absolute atomic E-state index is 0.0883. The van der Waals surface area contributed by atoms with Gasteiger partial charge in [-0.3, -0.25) is 4.90 Å². The number of nitrogens with one attached hydrogen (secondary N) is 3. The van der Waals surface area contributed by atoms with Gasteiger partial charge in [0.05, 0.1) is 16.1 Å². The number of anilines is 2. The number of fused-ring (bicyclic) bond motifs is 2. The van der Waals surface area contributed by atoms with Crippen LogP contribution in [-0.2, 0) is 5.92 Å². The molecule has 2 aromatic heterocycles. The van der Waals surface area contributed by atoms with Crippen molar-refractivity contribution in [3.8, 4) is 11.5 Å². The van der Waals surface area contributed by atoms with Crippen molar-refractivity contribution in [2.45, 2.75) is 18.4 Å². The Morgan fingerprint density at radius 2 is 1.93 bits per heavy atom. The fraction of sp³-hybridized carbons (Fsp3) is 0.286. The summed E-state index contributed by atoms with van der Waals surface area (Å²) in [6.45, 7) is 3.11. The number of likely N-dealkylation sites (N-methyl/N-ethyl adjacent to an activating group) is 1. The number of benzene rings is 2. The summed E-state index contributed by atoms with van der Waals surface area (Å²) in [4.78, 5) is 24.0. The lowest BCUT2D eigenvalue weighted by atomic mass is 10.0. The second-order valence-corrected chi connectivity index (χ2v) is 10.5. The number of rotatable bonds is 5. The molecule has 1 saturated heterocycles. The lowest BCUT2D eigenvalue weighted by molar-refractivity contribution is -0.0257. The van der Waals surface area contributed by atoms with Crippen molar-refractivity contribution in [3.05, 3.63) is 76.8 Å². The first-order chi connectivity index (χ1) is 19.2. The number of aromatic amines is 1. The molecule has 0 bridgehead atoms. The minimum atomic E-state index is -3.01. The summed E-state index contributed by atoms with van der Waals surface area (Å²) in [5.41, 5.74) is 1.10. The van der Waals surface area contributed by atoms with Crippen LogP contribution in [0, 0.1) is 5.82 Å². The largest absolute Gasteiger partial charge is 0.456 e. The Labute approximate surface area is 233 Å². The van der Waals surface area contributed by atoms with E-state index in [4.69, 9.17) is 16.3 Å². The zero-order chi connectivity index (χ0) is 28.0. The number of ether oxygens (including phenoxy) is 1. The van der Waals surface area contributed by atoms with Gasteiger partial charge in [-0.2, -0.15) is 0 Å². The minimum Gasteiger partial charge on any atom is -0.456 e. The second kappa shape index (κ2) is 10.3. The Kier molecular flexibility index (Phi) is 6.81. The molecule has 12 heteroatoms. The summed E-state index contributed by atoms with van der Waals surface area (Å²) in [6, 6.07) is 8.97. The maximum Gasteiger partial charge on any atom is 0.323 e. The van der Waals surface area contributed by atoms with E-state index < -0.39 is 17.8 Å². The van der Waals surface area contributed by atoms with Crippen LogP contribution >= 0.6 is 11.6 Å². The molecule has 2 amide bonds. The van der Waals surface area contributed by atoms with E-state index in [0.717, 1.165) is 32.2 Å². The Morgan fingerprint density at radius 1 is 1.12 bits per heavy atom. The number of hydrogen-bond acceptors (Lipinski definition) is 5. The predicted octanol–water partition coefficient (Wildman–Crippen LogP) is 6.58. The highest BCUT2D eigenvalue weighted by Gasteiger charge is 2.47. The third-order valence-corrected chi connectivity index (χ3v) is 7.69. The summed E-state index contributed by atoms with van der Waals surface area (Å²) >= 11 is 6.19. The second-order valence-electron chi connectivity index (χ2n) is 10.1. The molecular formula is C28H26ClF3N6O2. The van der Waals surface area contributed by atoms with Crippen LogP contribution in [0.4, 0.5) is 29.3 Å². The Balaban J connectivity index is 1.13. The summed E-state index contributed by atoms with van der Waals surface area (Å²) in [5, 5.41) is 5.92. The van der Waals surface area contributed by atoms with Gasteiger partial charge in [0.1, 0.15) is 23.0 Å². The van der Waals surface area contributed by atoms with Crippen LogP contribution in [0.1, 0.15) is 23.6 Å². The molecule has 1 unspecified atom stereocenters. The fourth-order valence-electron chi connectivity index (χ4n) is 5.31. The van der Waals surface area contributed by atoms with Crippen molar-refractivity contribution < 1.29 is 22.7 Å². The highest BCUT2D eigenvalue weighted by atomic mass is 35.5. The number of aromatic nitrogens is 2. The van der Waals surface area contributed by atoms with Crippen molar-refractivity contribution in [2.75, 3.05) is 43.9 Å². The van der Waals surface area contributed by atoms with E-state index >= 15 is 0 Å². The number of alkyl halides is 2. The van der Waals surface area contributed by atoms with Gasteiger partial charge in [-0.1, -0.05) is 17.7 Å². The van der Waals surface area contributed by atoms with Gasteiger partial charge in [0.2, 0.25) is 0 Å². The topological polar surface area (TPSA) is 85.5 Å². The van der Waals surface area contributed by atoms with Crippen LogP contribution < -0.4 is 15.4 Å². The number of piperazine rings is 1. The number of carbonyl (C=O) groups excluding carboxylic acids is 1.